The number of hydrazine groups is 1. The van der Waals surface area contributed by atoms with E-state index in [9.17, 15) is 4.79 Å². The monoisotopic (exact) mass is 465 g/mol. The average molecular weight is 466 g/mol. The van der Waals surface area contributed by atoms with Crippen LogP contribution in [0, 0.1) is 17.8 Å². The third kappa shape index (κ3) is 2.87. The molecule has 6 atom stereocenters. The van der Waals surface area contributed by atoms with Crippen LogP contribution in [0.25, 0.3) is 6.08 Å². The number of nitrogens with zero attached hydrogens (tertiary/aromatic N) is 2. The Kier molecular flexibility index (Phi) is 4.34. The first kappa shape index (κ1) is 18.7. The standard InChI is InChI=1S/C23H24BrN5O/c24-15-9-17-21(26-12-15)27-22(30)23(17)10-18(23)14-4-5-16-19(28-29-20(16)8-14)6-3-13-2-1-7-25-11-13/h1-3,6-7,9,11-12,14,16,18-20,28-29H,4-5,8,10H2,(H,26,27,30)/b6-3+/t14?,16?,18?,19?,20?,23-/m0/s1. The van der Waals surface area contributed by atoms with Crippen LogP contribution in [0.2, 0.25) is 0 Å². The van der Waals surface area contributed by atoms with Crippen molar-refractivity contribution in [2.45, 2.75) is 43.2 Å². The van der Waals surface area contributed by atoms with Crippen LogP contribution in [0.5, 0.6) is 0 Å². The third-order valence-corrected chi connectivity index (χ3v) is 8.01. The zero-order chi connectivity index (χ0) is 20.3. The number of rotatable bonds is 3. The van der Waals surface area contributed by atoms with Gasteiger partial charge in [-0.2, -0.15) is 0 Å². The predicted octanol–water partition coefficient (Wildman–Crippen LogP) is 3.42. The SMILES string of the molecule is O=C1Nc2ncc(Br)cc2[C@]12CC2C1CCC2C(/C=C/c3cccnc3)NNC2C1. The molecule has 2 aliphatic carbocycles. The van der Waals surface area contributed by atoms with Crippen LogP contribution in [0.15, 0.2) is 47.3 Å². The lowest BCUT2D eigenvalue weighted by Crippen LogP contribution is -2.37. The largest absolute Gasteiger partial charge is 0.310 e. The van der Waals surface area contributed by atoms with Gasteiger partial charge in [0.05, 0.1) is 5.41 Å². The number of amides is 1. The fourth-order valence-corrected chi connectivity index (χ4v) is 6.36. The van der Waals surface area contributed by atoms with E-state index in [1.807, 2.05) is 12.3 Å². The fourth-order valence-electron chi connectivity index (χ4n) is 6.03. The van der Waals surface area contributed by atoms with Crippen LogP contribution in [0.3, 0.4) is 0 Å². The molecule has 6 rings (SSSR count). The van der Waals surface area contributed by atoms with Crippen molar-refractivity contribution in [2.24, 2.45) is 17.8 Å². The highest BCUT2D eigenvalue weighted by Gasteiger charge is 2.67. The summed E-state index contributed by atoms with van der Waals surface area (Å²) in [6.07, 6.45) is 14.3. The lowest BCUT2D eigenvalue weighted by molar-refractivity contribution is -0.118. The third-order valence-electron chi connectivity index (χ3n) is 7.58. The molecule has 3 N–H and O–H groups in total. The number of fused-ring (bicyclic) bond motifs is 3. The second kappa shape index (κ2) is 6.97. The second-order valence-corrected chi connectivity index (χ2v) is 10.0. The maximum atomic E-state index is 12.9. The molecule has 6 nitrogen and oxygen atoms in total. The molecule has 2 aliphatic heterocycles. The average Bonchev–Trinajstić information content (AvgIpc) is 3.31. The molecule has 0 bridgehead atoms. The minimum Gasteiger partial charge on any atom is -0.310 e. The van der Waals surface area contributed by atoms with Crippen LogP contribution in [0.4, 0.5) is 5.82 Å². The molecule has 1 amide bonds. The molecule has 2 aromatic rings. The van der Waals surface area contributed by atoms with E-state index in [0.29, 0.717) is 29.8 Å². The predicted molar refractivity (Wildman–Crippen MR) is 118 cm³/mol. The number of halogens is 1. The van der Waals surface area contributed by atoms with Crippen molar-refractivity contribution in [3.63, 3.8) is 0 Å². The van der Waals surface area contributed by atoms with Gasteiger partial charge in [-0.05, 0) is 77.1 Å². The first-order chi connectivity index (χ1) is 14.6. The Labute approximate surface area is 184 Å². The summed E-state index contributed by atoms with van der Waals surface area (Å²) >= 11 is 3.53. The molecule has 1 saturated heterocycles. The number of nitrogens with one attached hydrogen (secondary N) is 3. The van der Waals surface area contributed by atoms with E-state index < -0.39 is 0 Å². The Bertz CT molecular complexity index is 1030. The van der Waals surface area contributed by atoms with Crippen molar-refractivity contribution in [1.29, 1.82) is 0 Å². The Balaban J connectivity index is 1.16. The van der Waals surface area contributed by atoms with Gasteiger partial charge >= 0.3 is 0 Å². The van der Waals surface area contributed by atoms with Crippen molar-refractivity contribution in [1.82, 2.24) is 20.8 Å². The van der Waals surface area contributed by atoms with Crippen molar-refractivity contribution in [2.75, 3.05) is 5.32 Å². The summed E-state index contributed by atoms with van der Waals surface area (Å²) in [4.78, 5) is 21.5. The molecule has 5 unspecified atom stereocenters. The van der Waals surface area contributed by atoms with Gasteiger partial charge in [-0.25, -0.2) is 4.98 Å². The number of anilines is 1. The molecule has 1 spiro atoms. The smallest absolute Gasteiger partial charge is 0.236 e. The number of pyridine rings is 2. The molecule has 4 aliphatic rings. The number of hydrogen-bond acceptors (Lipinski definition) is 5. The van der Waals surface area contributed by atoms with Gasteiger partial charge in [0.1, 0.15) is 5.82 Å². The molecular formula is C23H24BrN5O. The zero-order valence-electron chi connectivity index (χ0n) is 16.5. The molecule has 4 heterocycles. The van der Waals surface area contributed by atoms with E-state index in [2.05, 4.69) is 66.4 Å². The number of aromatic nitrogens is 2. The van der Waals surface area contributed by atoms with Crippen molar-refractivity contribution in [3.8, 4) is 0 Å². The number of carbonyl (C=O) groups is 1. The Hall–Kier alpha value is -2.09. The summed E-state index contributed by atoms with van der Waals surface area (Å²) in [6.45, 7) is 0. The van der Waals surface area contributed by atoms with Crippen molar-refractivity contribution >= 4 is 33.7 Å². The molecular weight excluding hydrogens is 442 g/mol. The summed E-state index contributed by atoms with van der Waals surface area (Å²) < 4.78 is 0.941. The Morgan fingerprint density at radius 1 is 1.23 bits per heavy atom. The van der Waals surface area contributed by atoms with Gasteiger partial charge < -0.3 is 5.32 Å². The van der Waals surface area contributed by atoms with E-state index in [1.54, 1.807) is 12.4 Å². The first-order valence-electron chi connectivity index (χ1n) is 10.7. The zero-order valence-corrected chi connectivity index (χ0v) is 18.1. The van der Waals surface area contributed by atoms with Gasteiger partial charge in [0.25, 0.3) is 0 Å². The van der Waals surface area contributed by atoms with E-state index in [-0.39, 0.29) is 11.3 Å². The van der Waals surface area contributed by atoms with Crippen molar-refractivity contribution in [3.05, 3.63) is 58.5 Å². The van der Waals surface area contributed by atoms with E-state index in [1.165, 1.54) is 12.8 Å². The van der Waals surface area contributed by atoms with E-state index in [4.69, 9.17) is 0 Å². The van der Waals surface area contributed by atoms with Gasteiger partial charge in [-0.3, -0.25) is 20.6 Å². The lowest BCUT2D eigenvalue weighted by atomic mass is 9.73. The molecule has 30 heavy (non-hydrogen) atoms. The molecule has 154 valence electrons. The summed E-state index contributed by atoms with van der Waals surface area (Å²) in [5.41, 5.74) is 8.89. The van der Waals surface area contributed by atoms with Crippen LogP contribution in [0.1, 0.15) is 36.8 Å². The van der Waals surface area contributed by atoms with Gasteiger partial charge in [0, 0.05) is 40.7 Å². The van der Waals surface area contributed by atoms with Crippen LogP contribution < -0.4 is 16.2 Å². The van der Waals surface area contributed by atoms with E-state index >= 15 is 0 Å². The molecule has 0 aromatic carbocycles. The van der Waals surface area contributed by atoms with Crippen LogP contribution in [-0.4, -0.2) is 28.0 Å². The summed E-state index contributed by atoms with van der Waals surface area (Å²) in [6, 6.07) is 6.91. The minimum absolute atomic E-state index is 0.144. The molecule has 2 saturated carbocycles. The number of carbonyl (C=O) groups excluding carboxylic acids is 1. The van der Waals surface area contributed by atoms with Crippen molar-refractivity contribution < 1.29 is 4.79 Å². The second-order valence-electron chi connectivity index (χ2n) is 9.09. The van der Waals surface area contributed by atoms with E-state index in [0.717, 1.165) is 34.3 Å². The van der Waals surface area contributed by atoms with Crippen LogP contribution >= 0.6 is 15.9 Å². The number of hydrogen-bond donors (Lipinski definition) is 3. The topological polar surface area (TPSA) is 78.9 Å². The molecule has 7 heteroatoms. The van der Waals surface area contributed by atoms with Gasteiger partial charge in [0.15, 0.2) is 0 Å². The summed E-state index contributed by atoms with van der Waals surface area (Å²) in [7, 11) is 0. The maximum absolute atomic E-state index is 12.9. The summed E-state index contributed by atoms with van der Waals surface area (Å²) in [5.74, 6) is 2.47. The highest BCUT2D eigenvalue weighted by Crippen LogP contribution is 2.64. The molecule has 3 fully saturated rings. The van der Waals surface area contributed by atoms with Gasteiger partial charge in [-0.15, -0.1) is 0 Å². The highest BCUT2D eigenvalue weighted by molar-refractivity contribution is 9.10. The Morgan fingerprint density at radius 3 is 3.03 bits per heavy atom. The normalized spacial score (nSPS) is 36.7. The highest BCUT2D eigenvalue weighted by atomic mass is 79.9. The molecule has 2 aromatic heterocycles. The van der Waals surface area contributed by atoms with Crippen LogP contribution in [-0.2, 0) is 10.2 Å². The lowest BCUT2D eigenvalue weighted by Gasteiger charge is -2.33. The quantitative estimate of drug-likeness (QED) is 0.646. The maximum Gasteiger partial charge on any atom is 0.236 e. The Morgan fingerprint density at radius 2 is 2.17 bits per heavy atom. The molecule has 0 radical (unpaired) electrons. The van der Waals surface area contributed by atoms with Gasteiger partial charge in [0.2, 0.25) is 5.91 Å². The minimum atomic E-state index is -0.352. The summed E-state index contributed by atoms with van der Waals surface area (Å²) in [5, 5.41) is 3.02. The van der Waals surface area contributed by atoms with Gasteiger partial charge in [-0.1, -0.05) is 18.2 Å². The first-order valence-corrected chi connectivity index (χ1v) is 11.5. The fraction of sp³-hybridized carbons (Fsp3) is 0.435.